The number of hydrogen-bond acceptors (Lipinski definition) is 8. The molecule has 1 amide bonds. The van der Waals surface area contributed by atoms with Crippen LogP contribution in [-0.4, -0.2) is 51.0 Å². The summed E-state index contributed by atoms with van der Waals surface area (Å²) in [5, 5.41) is 2.71. The van der Waals surface area contributed by atoms with Gasteiger partial charge in [0.25, 0.3) is 0 Å². The van der Waals surface area contributed by atoms with Gasteiger partial charge >= 0.3 is 11.9 Å². The first kappa shape index (κ1) is 21.5. The number of amides is 1. The lowest BCUT2D eigenvalue weighted by Gasteiger charge is -2.09. The molecule has 0 unspecified atom stereocenters. The Morgan fingerprint density at radius 3 is 2.61 bits per heavy atom. The number of hydrogen-bond donors (Lipinski definition) is 1. The van der Waals surface area contributed by atoms with Crippen LogP contribution < -0.4 is 5.32 Å². The van der Waals surface area contributed by atoms with Gasteiger partial charge in [-0.3, -0.25) is 4.79 Å². The van der Waals surface area contributed by atoms with Crippen molar-refractivity contribution in [3.8, 4) is 0 Å². The molecule has 1 heterocycles. The fraction of sp³-hybridized carbons (Fsp3) is 0.316. The van der Waals surface area contributed by atoms with Gasteiger partial charge in [-0.1, -0.05) is 12.1 Å². The number of methoxy groups -OCH3 is 2. The minimum atomic E-state index is -0.608. The quantitative estimate of drug-likeness (QED) is 0.363. The summed E-state index contributed by atoms with van der Waals surface area (Å²) in [5.41, 5.74) is 0.344. The number of thioether (sulfide) groups is 1. The zero-order chi connectivity index (χ0) is 20.4. The molecule has 150 valence electrons. The van der Waals surface area contributed by atoms with Crippen LogP contribution >= 0.6 is 11.8 Å². The van der Waals surface area contributed by atoms with Gasteiger partial charge in [0.1, 0.15) is 12.4 Å². The van der Waals surface area contributed by atoms with E-state index in [1.165, 1.54) is 31.0 Å². The number of furan rings is 1. The van der Waals surface area contributed by atoms with Crippen molar-refractivity contribution in [3.63, 3.8) is 0 Å². The highest BCUT2D eigenvalue weighted by molar-refractivity contribution is 8.00. The first-order valence-electron chi connectivity index (χ1n) is 8.36. The molecule has 0 bridgehead atoms. The van der Waals surface area contributed by atoms with E-state index in [4.69, 9.17) is 13.9 Å². The third kappa shape index (κ3) is 6.43. The molecule has 0 radical (unpaired) electrons. The third-order valence-electron chi connectivity index (χ3n) is 3.49. The van der Waals surface area contributed by atoms with Crippen LogP contribution in [0.1, 0.15) is 26.7 Å². The number of esters is 2. The molecule has 0 aliphatic heterocycles. The SMILES string of the molecule is COCCNC(=O)CSc1ccccc1C(=O)OCc1ccc(C(=O)OC)o1. The van der Waals surface area contributed by atoms with E-state index in [1.54, 1.807) is 31.4 Å². The molecule has 1 aromatic carbocycles. The summed E-state index contributed by atoms with van der Waals surface area (Å²) in [6, 6.07) is 9.83. The van der Waals surface area contributed by atoms with Crippen LogP contribution in [0.4, 0.5) is 0 Å². The van der Waals surface area contributed by atoms with E-state index in [1.807, 2.05) is 0 Å². The van der Waals surface area contributed by atoms with Gasteiger partial charge < -0.3 is 23.9 Å². The van der Waals surface area contributed by atoms with Crippen LogP contribution in [0, 0.1) is 0 Å². The fourth-order valence-electron chi connectivity index (χ4n) is 2.13. The molecule has 0 aliphatic rings. The average molecular weight is 407 g/mol. The average Bonchev–Trinajstić information content (AvgIpc) is 3.19. The van der Waals surface area contributed by atoms with E-state index in [0.717, 1.165) is 0 Å². The first-order valence-corrected chi connectivity index (χ1v) is 9.35. The van der Waals surface area contributed by atoms with Gasteiger partial charge in [0.05, 0.1) is 25.0 Å². The van der Waals surface area contributed by atoms with Crippen molar-refractivity contribution in [2.45, 2.75) is 11.5 Å². The predicted octanol–water partition coefficient (Wildman–Crippen LogP) is 2.28. The summed E-state index contributed by atoms with van der Waals surface area (Å²) in [6.45, 7) is 0.729. The van der Waals surface area contributed by atoms with E-state index in [0.29, 0.717) is 29.4 Å². The number of benzene rings is 1. The second kappa shape index (κ2) is 11.2. The molecule has 0 fully saturated rings. The summed E-state index contributed by atoms with van der Waals surface area (Å²) in [4.78, 5) is 36.2. The van der Waals surface area contributed by atoms with Gasteiger partial charge in [0, 0.05) is 18.6 Å². The Labute approximate surface area is 166 Å². The Balaban J connectivity index is 1.91. The molecule has 9 heteroatoms. The van der Waals surface area contributed by atoms with Crippen LogP contribution in [0.2, 0.25) is 0 Å². The largest absolute Gasteiger partial charge is 0.463 e. The van der Waals surface area contributed by atoms with Crippen LogP contribution in [0.25, 0.3) is 0 Å². The minimum absolute atomic E-state index is 0.0315. The molecular formula is C19H21NO7S. The van der Waals surface area contributed by atoms with Crippen LogP contribution in [0.3, 0.4) is 0 Å². The summed E-state index contributed by atoms with van der Waals surface area (Å²) in [5.74, 6) is -0.812. The monoisotopic (exact) mass is 407 g/mol. The van der Waals surface area contributed by atoms with Gasteiger partial charge in [0.15, 0.2) is 0 Å². The summed E-state index contributed by atoms with van der Waals surface area (Å²) in [6.07, 6.45) is 0. The van der Waals surface area contributed by atoms with Crippen molar-refractivity contribution in [2.75, 3.05) is 33.1 Å². The standard InChI is InChI=1S/C19H21NO7S/c1-24-10-9-20-17(21)12-28-16-6-4-3-5-14(16)18(22)26-11-13-7-8-15(27-13)19(23)25-2/h3-8H,9-12H2,1-2H3,(H,20,21). The highest BCUT2D eigenvalue weighted by Gasteiger charge is 2.16. The molecule has 0 spiro atoms. The van der Waals surface area contributed by atoms with Crippen LogP contribution in [0.15, 0.2) is 45.7 Å². The molecule has 0 atom stereocenters. The van der Waals surface area contributed by atoms with Gasteiger partial charge in [-0.05, 0) is 24.3 Å². The summed E-state index contributed by atoms with van der Waals surface area (Å²) < 4.78 is 19.9. The Hall–Kier alpha value is -2.78. The number of rotatable bonds is 10. The molecule has 28 heavy (non-hydrogen) atoms. The predicted molar refractivity (Wildman–Crippen MR) is 101 cm³/mol. The summed E-state index contributed by atoms with van der Waals surface area (Å²) >= 11 is 1.24. The van der Waals surface area contributed by atoms with Crippen LogP contribution in [-0.2, 0) is 25.6 Å². The molecule has 0 saturated heterocycles. The van der Waals surface area contributed by atoms with Crippen molar-refractivity contribution < 1.29 is 33.0 Å². The zero-order valence-corrected chi connectivity index (χ0v) is 16.4. The van der Waals surface area contributed by atoms with Crippen molar-refractivity contribution in [1.82, 2.24) is 5.32 Å². The number of carbonyl (C=O) groups is 3. The Morgan fingerprint density at radius 2 is 1.86 bits per heavy atom. The molecule has 2 aromatic rings. The molecular weight excluding hydrogens is 386 g/mol. The minimum Gasteiger partial charge on any atom is -0.463 e. The second-order valence-electron chi connectivity index (χ2n) is 5.46. The van der Waals surface area contributed by atoms with Gasteiger partial charge in [-0.25, -0.2) is 9.59 Å². The third-order valence-corrected chi connectivity index (χ3v) is 4.56. The second-order valence-corrected chi connectivity index (χ2v) is 6.48. The van der Waals surface area contributed by atoms with E-state index >= 15 is 0 Å². The topological polar surface area (TPSA) is 104 Å². The normalized spacial score (nSPS) is 10.4. The first-order chi connectivity index (χ1) is 13.5. The maximum atomic E-state index is 12.4. The zero-order valence-electron chi connectivity index (χ0n) is 15.6. The molecule has 8 nitrogen and oxygen atoms in total. The Morgan fingerprint density at radius 1 is 1.07 bits per heavy atom. The van der Waals surface area contributed by atoms with E-state index in [9.17, 15) is 14.4 Å². The fourth-order valence-corrected chi connectivity index (χ4v) is 3.00. The maximum Gasteiger partial charge on any atom is 0.373 e. The van der Waals surface area contributed by atoms with Gasteiger partial charge in [-0.2, -0.15) is 0 Å². The maximum absolute atomic E-state index is 12.4. The molecule has 2 rings (SSSR count). The van der Waals surface area contributed by atoms with Crippen molar-refractivity contribution in [1.29, 1.82) is 0 Å². The summed E-state index contributed by atoms with van der Waals surface area (Å²) in [7, 11) is 2.80. The lowest BCUT2D eigenvalue weighted by molar-refractivity contribution is -0.118. The molecule has 1 N–H and O–H groups in total. The Kier molecular flexibility index (Phi) is 8.57. The lowest BCUT2D eigenvalue weighted by atomic mass is 10.2. The number of carbonyl (C=O) groups excluding carboxylic acids is 3. The molecule has 1 aromatic heterocycles. The van der Waals surface area contributed by atoms with Crippen molar-refractivity contribution >= 4 is 29.6 Å². The van der Waals surface area contributed by atoms with E-state index < -0.39 is 11.9 Å². The molecule has 0 saturated carbocycles. The highest BCUT2D eigenvalue weighted by atomic mass is 32.2. The molecule has 0 aliphatic carbocycles. The highest BCUT2D eigenvalue weighted by Crippen LogP contribution is 2.23. The van der Waals surface area contributed by atoms with Crippen molar-refractivity contribution in [3.05, 3.63) is 53.5 Å². The number of ether oxygens (including phenoxy) is 3. The number of nitrogens with one attached hydrogen (secondary N) is 1. The van der Waals surface area contributed by atoms with E-state index in [-0.39, 0.29) is 24.0 Å². The van der Waals surface area contributed by atoms with Crippen LogP contribution in [0.5, 0.6) is 0 Å². The lowest BCUT2D eigenvalue weighted by Crippen LogP contribution is -2.28. The Bertz CT molecular complexity index is 818. The smallest absolute Gasteiger partial charge is 0.373 e. The van der Waals surface area contributed by atoms with E-state index in [2.05, 4.69) is 10.1 Å². The van der Waals surface area contributed by atoms with Gasteiger partial charge in [0.2, 0.25) is 11.7 Å². The van der Waals surface area contributed by atoms with Gasteiger partial charge in [-0.15, -0.1) is 11.8 Å². The van der Waals surface area contributed by atoms with Crippen molar-refractivity contribution in [2.24, 2.45) is 0 Å².